The number of carbonyl (C=O) groups excluding carboxylic acids is 1. The molecule has 1 aromatic rings. The predicted octanol–water partition coefficient (Wildman–Crippen LogP) is 4.29. The Kier molecular flexibility index (Phi) is 5.78. The van der Waals surface area contributed by atoms with Crippen molar-refractivity contribution in [2.45, 2.75) is 43.9 Å². The first kappa shape index (κ1) is 21.2. The number of rotatable bonds is 6. The predicted molar refractivity (Wildman–Crippen MR) is 72.5 cm³/mol. The number of esters is 1. The monoisotopic (exact) mass is 376 g/mol. The topological polar surface area (TPSA) is 46.5 Å². The Bertz CT molecular complexity index is 607. The largest absolute Gasteiger partial charge is 0.462 e. The second kappa shape index (κ2) is 6.81. The zero-order valence-corrected chi connectivity index (χ0v) is 13.1. The molecule has 0 aromatic heterocycles. The van der Waals surface area contributed by atoms with Crippen molar-refractivity contribution in [3.05, 3.63) is 35.4 Å². The number of benzene rings is 1. The fraction of sp³-hybridized carbons (Fsp3) is 0.533. The normalized spacial score (nSPS) is 15.6. The van der Waals surface area contributed by atoms with Crippen LogP contribution in [0.1, 0.15) is 36.2 Å². The average molecular weight is 376 g/mol. The second-order valence-corrected chi connectivity index (χ2v) is 5.53. The van der Waals surface area contributed by atoms with Crippen LogP contribution in [-0.2, 0) is 10.3 Å². The van der Waals surface area contributed by atoms with Gasteiger partial charge in [0, 0.05) is 0 Å². The highest BCUT2D eigenvalue weighted by Crippen LogP contribution is 2.50. The van der Waals surface area contributed by atoms with Gasteiger partial charge in [-0.3, -0.25) is 0 Å². The van der Waals surface area contributed by atoms with Crippen molar-refractivity contribution in [1.82, 2.24) is 0 Å². The molecule has 0 fully saturated rings. The van der Waals surface area contributed by atoms with Gasteiger partial charge in [-0.05, 0) is 31.5 Å². The SMILES string of the molecule is CCOC(=O)c1ccc(C(C)(O)CC(F)(F)C(F)(F)C(F)(F)F)cc1. The van der Waals surface area contributed by atoms with E-state index in [4.69, 9.17) is 0 Å². The summed E-state index contributed by atoms with van der Waals surface area (Å²) in [6, 6.07) is 4.08. The molecule has 0 aliphatic heterocycles. The van der Waals surface area contributed by atoms with Gasteiger partial charge in [0.1, 0.15) is 0 Å². The fourth-order valence-corrected chi connectivity index (χ4v) is 2.03. The maximum absolute atomic E-state index is 13.5. The molecule has 25 heavy (non-hydrogen) atoms. The summed E-state index contributed by atoms with van der Waals surface area (Å²) in [5, 5.41) is 9.99. The Morgan fingerprint density at radius 3 is 1.92 bits per heavy atom. The van der Waals surface area contributed by atoms with Gasteiger partial charge in [0.15, 0.2) is 0 Å². The third kappa shape index (κ3) is 4.42. The van der Waals surface area contributed by atoms with Gasteiger partial charge in [0.2, 0.25) is 0 Å². The Hall–Kier alpha value is -1.84. The van der Waals surface area contributed by atoms with E-state index in [2.05, 4.69) is 4.74 Å². The second-order valence-electron chi connectivity index (χ2n) is 5.53. The molecule has 0 radical (unpaired) electrons. The average Bonchev–Trinajstić information content (AvgIpc) is 2.45. The minimum Gasteiger partial charge on any atom is -0.462 e. The van der Waals surface area contributed by atoms with Crippen molar-refractivity contribution in [1.29, 1.82) is 0 Å². The molecule has 1 aromatic carbocycles. The van der Waals surface area contributed by atoms with Gasteiger partial charge < -0.3 is 9.84 Å². The van der Waals surface area contributed by atoms with E-state index >= 15 is 0 Å². The highest BCUT2D eigenvalue weighted by atomic mass is 19.4. The fourth-order valence-electron chi connectivity index (χ4n) is 2.03. The van der Waals surface area contributed by atoms with Crippen molar-refractivity contribution >= 4 is 5.97 Å². The molecule has 1 unspecified atom stereocenters. The van der Waals surface area contributed by atoms with Crippen molar-refractivity contribution in [3.8, 4) is 0 Å². The van der Waals surface area contributed by atoms with Crippen LogP contribution in [0.3, 0.4) is 0 Å². The number of hydrogen-bond acceptors (Lipinski definition) is 3. The molecule has 10 heteroatoms. The van der Waals surface area contributed by atoms with Crippen LogP contribution in [0, 0.1) is 0 Å². The summed E-state index contributed by atoms with van der Waals surface area (Å²) < 4.78 is 94.0. The number of aliphatic hydroxyl groups is 1. The summed E-state index contributed by atoms with van der Waals surface area (Å²) in [7, 11) is 0. The third-order valence-electron chi connectivity index (χ3n) is 3.40. The van der Waals surface area contributed by atoms with Crippen molar-refractivity contribution in [2.75, 3.05) is 6.61 Å². The van der Waals surface area contributed by atoms with Gasteiger partial charge in [-0.15, -0.1) is 0 Å². The standard InChI is InChI=1S/C15H15F7O3/c1-3-25-11(23)9-4-6-10(7-5-9)12(2,24)8-13(16,17)14(18,19)15(20,21)22/h4-7,24H,3,8H2,1-2H3. The third-order valence-corrected chi connectivity index (χ3v) is 3.40. The first-order chi connectivity index (χ1) is 11.2. The molecule has 0 saturated heterocycles. The Labute approximate surface area is 138 Å². The van der Waals surface area contributed by atoms with E-state index in [0.29, 0.717) is 6.92 Å². The van der Waals surface area contributed by atoms with E-state index in [0.717, 1.165) is 24.3 Å². The van der Waals surface area contributed by atoms with Gasteiger partial charge in [0.25, 0.3) is 0 Å². The van der Waals surface area contributed by atoms with Crippen LogP contribution >= 0.6 is 0 Å². The maximum atomic E-state index is 13.5. The van der Waals surface area contributed by atoms with E-state index in [-0.39, 0.29) is 17.7 Å². The van der Waals surface area contributed by atoms with E-state index in [9.17, 15) is 40.6 Å². The minimum absolute atomic E-state index is 0.00576. The van der Waals surface area contributed by atoms with Gasteiger partial charge in [-0.2, -0.15) is 30.7 Å². The highest BCUT2D eigenvalue weighted by molar-refractivity contribution is 5.89. The molecule has 0 aliphatic rings. The molecular weight excluding hydrogens is 361 g/mol. The molecule has 1 N–H and O–H groups in total. The van der Waals surface area contributed by atoms with Crippen LogP contribution in [0.5, 0.6) is 0 Å². The Balaban J connectivity index is 3.07. The van der Waals surface area contributed by atoms with Gasteiger partial charge in [-0.1, -0.05) is 12.1 Å². The molecule has 142 valence electrons. The van der Waals surface area contributed by atoms with E-state index < -0.39 is 36.0 Å². The van der Waals surface area contributed by atoms with Crippen LogP contribution in [0.15, 0.2) is 24.3 Å². The molecule has 1 rings (SSSR count). The lowest BCUT2D eigenvalue weighted by atomic mass is 9.87. The van der Waals surface area contributed by atoms with Crippen LogP contribution in [0.25, 0.3) is 0 Å². The van der Waals surface area contributed by atoms with Crippen LogP contribution in [0.4, 0.5) is 30.7 Å². The molecule has 3 nitrogen and oxygen atoms in total. The lowest BCUT2D eigenvalue weighted by Crippen LogP contribution is -2.54. The van der Waals surface area contributed by atoms with Gasteiger partial charge >= 0.3 is 24.0 Å². The van der Waals surface area contributed by atoms with E-state index in [1.165, 1.54) is 0 Å². The lowest BCUT2D eigenvalue weighted by molar-refractivity contribution is -0.361. The first-order valence-electron chi connectivity index (χ1n) is 6.98. The summed E-state index contributed by atoms with van der Waals surface area (Å²) in [5.41, 5.74) is -3.07. The molecule has 0 aliphatic carbocycles. The van der Waals surface area contributed by atoms with Crippen LogP contribution < -0.4 is 0 Å². The Morgan fingerprint density at radius 2 is 1.52 bits per heavy atom. The van der Waals surface area contributed by atoms with Crippen molar-refractivity contribution in [3.63, 3.8) is 0 Å². The number of hydrogen-bond donors (Lipinski definition) is 1. The van der Waals surface area contributed by atoms with Crippen molar-refractivity contribution < 1.29 is 45.4 Å². The van der Waals surface area contributed by atoms with E-state index in [1.54, 1.807) is 6.92 Å². The summed E-state index contributed by atoms with van der Waals surface area (Å²) in [6.45, 7) is 2.28. The lowest BCUT2D eigenvalue weighted by Gasteiger charge is -2.34. The number of carbonyl (C=O) groups is 1. The van der Waals surface area contributed by atoms with Crippen molar-refractivity contribution in [2.24, 2.45) is 0 Å². The number of halogens is 7. The molecule has 0 amide bonds. The summed E-state index contributed by atoms with van der Waals surface area (Å²) in [6.07, 6.45) is -8.65. The number of alkyl halides is 7. The molecule has 0 spiro atoms. The zero-order chi connectivity index (χ0) is 19.7. The maximum Gasteiger partial charge on any atom is 0.459 e. The summed E-state index contributed by atoms with van der Waals surface area (Å²) >= 11 is 0. The number of ether oxygens (including phenoxy) is 1. The molecule has 0 heterocycles. The summed E-state index contributed by atoms with van der Waals surface area (Å²) in [5.74, 6) is -12.6. The Morgan fingerprint density at radius 1 is 1.04 bits per heavy atom. The minimum atomic E-state index is -6.47. The van der Waals surface area contributed by atoms with Crippen LogP contribution in [-0.4, -0.2) is 35.7 Å². The summed E-state index contributed by atoms with van der Waals surface area (Å²) in [4.78, 5) is 11.4. The molecule has 0 saturated carbocycles. The quantitative estimate of drug-likeness (QED) is 0.595. The van der Waals surface area contributed by atoms with Crippen LogP contribution in [0.2, 0.25) is 0 Å². The van der Waals surface area contributed by atoms with Gasteiger partial charge in [0.05, 0.1) is 24.2 Å². The molecule has 0 bridgehead atoms. The highest BCUT2D eigenvalue weighted by Gasteiger charge is 2.73. The molecule has 1 atom stereocenters. The molecular formula is C15H15F7O3. The first-order valence-corrected chi connectivity index (χ1v) is 6.98. The van der Waals surface area contributed by atoms with Gasteiger partial charge in [-0.25, -0.2) is 4.79 Å². The van der Waals surface area contributed by atoms with E-state index in [1.807, 2.05) is 0 Å². The zero-order valence-electron chi connectivity index (χ0n) is 13.1. The smallest absolute Gasteiger partial charge is 0.459 e.